The zero-order chi connectivity index (χ0) is 5.70. The molecule has 0 radical (unpaired) electrons. The summed E-state index contributed by atoms with van der Waals surface area (Å²) in [4.78, 5) is 17.0. The maximum absolute atomic E-state index is 9.50. The molecule has 0 aliphatic heterocycles. The zero-order valence-corrected chi connectivity index (χ0v) is 4.25. The van der Waals surface area contributed by atoms with Crippen molar-refractivity contribution in [1.82, 2.24) is 5.48 Å². The normalized spacial score (nSPS) is 12.7. The Labute approximate surface area is 40.2 Å². The van der Waals surface area contributed by atoms with E-state index in [4.69, 9.17) is 4.89 Å². The van der Waals surface area contributed by atoms with Crippen molar-refractivity contribution in [2.75, 3.05) is 0 Å². The van der Waals surface area contributed by atoms with E-state index >= 15 is 0 Å². The molecule has 1 atom stereocenters. The van der Waals surface area contributed by atoms with Gasteiger partial charge in [0.05, 0.1) is 0 Å². The van der Waals surface area contributed by atoms with Crippen LogP contribution in [0.5, 0.6) is 0 Å². The minimum Gasteiger partial charge on any atom is -0.325 e. The van der Waals surface area contributed by atoms with Crippen LogP contribution in [-0.4, -0.2) is 11.3 Å². The lowest BCUT2D eigenvalue weighted by Gasteiger charge is -1.88. The van der Waals surface area contributed by atoms with Crippen molar-refractivity contribution in [1.29, 1.82) is 0 Å². The summed E-state index contributed by atoms with van der Waals surface area (Å²) in [5.74, 6) is 0. The van der Waals surface area contributed by atoms with Crippen molar-refractivity contribution in [3.8, 4) is 0 Å². The summed E-state index contributed by atoms with van der Waals surface area (Å²) >= 11 is 0. The van der Waals surface area contributed by atoms with Gasteiger partial charge in [0.15, 0.2) is 0 Å². The number of carbonyl (C=O) groups excluding carboxylic acids is 1. The lowest BCUT2D eigenvalue weighted by molar-refractivity contribution is -0.115. The van der Waals surface area contributed by atoms with Crippen molar-refractivity contribution < 1.29 is 18.9 Å². The molecular weight excluding hydrogens is 121 g/mol. The first-order chi connectivity index (χ1) is 3.27. The third kappa shape index (κ3) is 5.62. The Kier molecular flexibility index (Phi) is 3.59. The van der Waals surface area contributed by atoms with E-state index in [1.165, 1.54) is 0 Å². The Balaban J connectivity index is 2.97. The average molecular weight is 125 g/mol. The molecule has 42 valence electrons. The standard InChI is InChI=1S/CH4NO4P/c3-1-2-6-7(4)5/h1,7H,(H,2,3)(H,4,5). The summed E-state index contributed by atoms with van der Waals surface area (Å²) in [5.41, 5.74) is 1.55. The van der Waals surface area contributed by atoms with E-state index in [1.807, 2.05) is 0 Å². The fourth-order valence-corrected chi connectivity index (χ4v) is 0.223. The molecule has 0 aliphatic carbocycles. The number of nitrogens with one attached hydrogen (secondary N) is 1. The average Bonchev–Trinajstić information content (AvgIpc) is 1.61. The van der Waals surface area contributed by atoms with Crippen molar-refractivity contribution in [3.05, 3.63) is 0 Å². The van der Waals surface area contributed by atoms with Crippen LogP contribution in [0.25, 0.3) is 0 Å². The van der Waals surface area contributed by atoms with Crippen LogP contribution in [-0.2, 0) is 14.0 Å². The molecule has 2 N–H and O–H groups in total. The summed E-state index contributed by atoms with van der Waals surface area (Å²) in [6.07, 6.45) is 0.165. The molecule has 0 aromatic heterocycles. The van der Waals surface area contributed by atoms with Crippen LogP contribution in [0, 0.1) is 0 Å². The molecular formula is CH4NO4P. The highest BCUT2D eigenvalue weighted by Gasteiger charge is 1.83. The van der Waals surface area contributed by atoms with Crippen LogP contribution in [0.1, 0.15) is 0 Å². The lowest BCUT2D eigenvalue weighted by atomic mass is 11.5. The van der Waals surface area contributed by atoms with Gasteiger partial charge in [-0.05, 0) is 0 Å². The molecule has 0 spiro atoms. The van der Waals surface area contributed by atoms with Gasteiger partial charge in [-0.25, -0.2) is 5.48 Å². The summed E-state index contributed by atoms with van der Waals surface area (Å²) in [5, 5.41) is 0. The first kappa shape index (κ1) is 6.62. The van der Waals surface area contributed by atoms with E-state index in [0.717, 1.165) is 0 Å². The molecule has 1 unspecified atom stereocenters. The van der Waals surface area contributed by atoms with Crippen LogP contribution in [0.2, 0.25) is 0 Å². The third-order valence-corrected chi connectivity index (χ3v) is 0.487. The minimum atomic E-state index is -2.99. The van der Waals surface area contributed by atoms with Crippen molar-refractivity contribution >= 4 is 14.7 Å². The van der Waals surface area contributed by atoms with Crippen molar-refractivity contribution in [3.63, 3.8) is 0 Å². The summed E-state index contributed by atoms with van der Waals surface area (Å²) in [7, 11) is -2.99. The van der Waals surface area contributed by atoms with Gasteiger partial charge in [0.2, 0.25) is 6.41 Å². The largest absolute Gasteiger partial charge is 0.337 e. The second-order valence-electron chi connectivity index (χ2n) is 0.604. The van der Waals surface area contributed by atoms with Crippen LogP contribution < -0.4 is 5.48 Å². The fraction of sp³-hybridized carbons (Fsp3) is 0. The number of hydrogen-bond donors (Lipinski definition) is 2. The highest BCUT2D eigenvalue weighted by atomic mass is 31.1. The second kappa shape index (κ2) is 3.80. The van der Waals surface area contributed by atoms with Gasteiger partial charge in [0.1, 0.15) is 0 Å². The van der Waals surface area contributed by atoms with E-state index in [9.17, 15) is 9.36 Å². The number of rotatable bonds is 3. The van der Waals surface area contributed by atoms with Gasteiger partial charge < -0.3 is 4.89 Å². The molecule has 0 saturated heterocycles. The molecule has 0 aliphatic rings. The van der Waals surface area contributed by atoms with Gasteiger partial charge in [0.25, 0.3) is 0 Å². The number of hydrogen-bond acceptors (Lipinski definition) is 3. The Morgan fingerprint density at radius 2 is 2.43 bits per heavy atom. The Hall–Kier alpha value is -0.380. The molecule has 6 heteroatoms. The summed E-state index contributed by atoms with van der Waals surface area (Å²) in [6, 6.07) is 0. The second-order valence-corrected chi connectivity index (χ2v) is 1.34. The topological polar surface area (TPSA) is 75.6 Å². The smallest absolute Gasteiger partial charge is 0.325 e. The maximum atomic E-state index is 9.50. The molecule has 0 aromatic rings. The number of carbonyl (C=O) groups is 1. The number of hydroxylamine groups is 1. The molecule has 0 fully saturated rings. The van der Waals surface area contributed by atoms with Crippen LogP contribution in [0.3, 0.4) is 0 Å². The lowest BCUT2D eigenvalue weighted by Crippen LogP contribution is -2.04. The Morgan fingerprint density at radius 1 is 1.86 bits per heavy atom. The summed E-state index contributed by atoms with van der Waals surface area (Å²) in [6.45, 7) is 0. The molecule has 7 heavy (non-hydrogen) atoms. The number of amides is 1. The predicted octanol–water partition coefficient (Wildman–Crippen LogP) is -0.954. The van der Waals surface area contributed by atoms with Crippen molar-refractivity contribution in [2.24, 2.45) is 0 Å². The third-order valence-electron chi connectivity index (χ3n) is 0.194. The maximum Gasteiger partial charge on any atom is 0.337 e. The summed E-state index contributed by atoms with van der Waals surface area (Å²) < 4.78 is 13.2. The van der Waals surface area contributed by atoms with Crippen LogP contribution in [0.4, 0.5) is 0 Å². The van der Waals surface area contributed by atoms with Gasteiger partial charge in [0, 0.05) is 0 Å². The molecule has 0 heterocycles. The highest BCUT2D eigenvalue weighted by Crippen LogP contribution is 2.09. The van der Waals surface area contributed by atoms with E-state index < -0.39 is 8.25 Å². The van der Waals surface area contributed by atoms with Crippen LogP contribution in [0.15, 0.2) is 0 Å². The van der Waals surface area contributed by atoms with E-state index in [0.29, 0.717) is 0 Å². The van der Waals surface area contributed by atoms with Gasteiger partial charge in [-0.3, -0.25) is 9.36 Å². The Morgan fingerprint density at radius 3 is 2.57 bits per heavy atom. The quantitative estimate of drug-likeness (QED) is 0.289. The van der Waals surface area contributed by atoms with E-state index in [2.05, 4.69) is 4.62 Å². The van der Waals surface area contributed by atoms with Crippen LogP contribution >= 0.6 is 8.25 Å². The fourth-order valence-electron chi connectivity index (χ4n) is 0.0745. The molecule has 0 rings (SSSR count). The van der Waals surface area contributed by atoms with Gasteiger partial charge in [-0.1, -0.05) is 0 Å². The monoisotopic (exact) mass is 125 g/mol. The van der Waals surface area contributed by atoms with Crippen molar-refractivity contribution in [2.45, 2.75) is 0 Å². The van der Waals surface area contributed by atoms with Gasteiger partial charge >= 0.3 is 8.25 Å². The molecule has 0 bridgehead atoms. The van der Waals surface area contributed by atoms with Gasteiger partial charge in [-0.2, -0.15) is 4.62 Å². The first-order valence-corrected chi connectivity index (χ1v) is 2.62. The molecule has 0 saturated carbocycles. The van der Waals surface area contributed by atoms with E-state index in [-0.39, 0.29) is 6.41 Å². The van der Waals surface area contributed by atoms with Gasteiger partial charge in [-0.15, -0.1) is 0 Å². The molecule has 1 amide bonds. The minimum absolute atomic E-state index is 0.165. The SMILES string of the molecule is O=CNO[PH](=O)O. The Bertz CT molecular complexity index is 81.8. The first-order valence-electron chi connectivity index (χ1n) is 1.36. The zero-order valence-electron chi connectivity index (χ0n) is 3.25. The molecule has 5 nitrogen and oxygen atoms in total. The highest BCUT2D eigenvalue weighted by molar-refractivity contribution is 7.32. The predicted molar refractivity (Wildman–Crippen MR) is 21.5 cm³/mol. The molecule has 0 aromatic carbocycles. The van der Waals surface area contributed by atoms with E-state index in [1.54, 1.807) is 5.48 Å².